The Morgan fingerprint density at radius 1 is 0.562 bits per heavy atom. The second kappa shape index (κ2) is 9.90. The predicted octanol–water partition coefficient (Wildman–Crippen LogP) is 10.5. The fourth-order valence-corrected chi connectivity index (χ4v) is 8.14. The van der Waals surface area contributed by atoms with Gasteiger partial charge in [-0.15, -0.1) is 0 Å². The summed E-state index contributed by atoms with van der Waals surface area (Å²) < 4.78 is 8.89. The van der Waals surface area contributed by atoms with Crippen LogP contribution in [0.25, 0.3) is 27.6 Å². The van der Waals surface area contributed by atoms with Crippen molar-refractivity contribution in [2.45, 2.75) is 19.3 Å². The van der Waals surface area contributed by atoms with Gasteiger partial charge in [-0.25, -0.2) is 0 Å². The third-order valence-electron chi connectivity index (χ3n) is 10.1. The minimum absolute atomic E-state index is 0.580. The van der Waals surface area contributed by atoms with E-state index in [1.165, 1.54) is 22.3 Å². The molecule has 0 N–H and O–H groups in total. The monoisotopic (exact) mass is 618 g/mol. The molecule has 5 aromatic carbocycles. The molecule has 5 heterocycles. The molecule has 10 rings (SSSR count). The van der Waals surface area contributed by atoms with E-state index >= 15 is 0 Å². The van der Waals surface area contributed by atoms with Crippen molar-refractivity contribution in [2.24, 2.45) is 0 Å². The maximum absolute atomic E-state index is 6.61. The van der Waals surface area contributed by atoms with Crippen LogP contribution in [-0.4, -0.2) is 14.5 Å². The summed E-state index contributed by atoms with van der Waals surface area (Å²) in [5.41, 5.74) is 14.1. The smallest absolute Gasteiger partial charge is 0.132 e. The minimum Gasteiger partial charge on any atom is -0.457 e. The largest absolute Gasteiger partial charge is 0.457 e. The van der Waals surface area contributed by atoms with Crippen LogP contribution >= 0.6 is 0 Å². The van der Waals surface area contributed by atoms with Crippen molar-refractivity contribution in [2.75, 3.05) is 4.90 Å². The summed E-state index contributed by atoms with van der Waals surface area (Å²) >= 11 is 0. The van der Waals surface area contributed by atoms with Crippen molar-refractivity contribution in [1.29, 1.82) is 0 Å². The van der Waals surface area contributed by atoms with Crippen molar-refractivity contribution in [3.63, 3.8) is 0 Å². The van der Waals surface area contributed by atoms with Crippen LogP contribution < -0.4 is 9.64 Å². The molecule has 5 heteroatoms. The first kappa shape index (κ1) is 27.0. The predicted molar refractivity (Wildman–Crippen MR) is 192 cm³/mol. The van der Waals surface area contributed by atoms with Gasteiger partial charge >= 0.3 is 0 Å². The van der Waals surface area contributed by atoms with Gasteiger partial charge in [-0.3, -0.25) is 9.97 Å². The first-order valence-electron chi connectivity index (χ1n) is 16.3. The second-order valence-corrected chi connectivity index (χ2v) is 12.8. The van der Waals surface area contributed by atoms with Crippen LogP contribution in [0.3, 0.4) is 0 Å². The lowest BCUT2D eigenvalue weighted by Crippen LogP contribution is -2.39. The van der Waals surface area contributed by atoms with Crippen LogP contribution in [0.1, 0.15) is 33.4 Å². The fourth-order valence-electron chi connectivity index (χ4n) is 8.14. The van der Waals surface area contributed by atoms with Gasteiger partial charge in [0.15, 0.2) is 0 Å². The first-order chi connectivity index (χ1) is 23.6. The molecule has 48 heavy (non-hydrogen) atoms. The lowest BCUT2D eigenvalue weighted by atomic mass is 9.61. The lowest BCUT2D eigenvalue weighted by Gasteiger charge is -2.48. The van der Waals surface area contributed by atoms with Crippen LogP contribution in [0.5, 0.6) is 11.5 Å². The molecule has 0 bridgehead atoms. The quantitative estimate of drug-likeness (QED) is 0.193. The van der Waals surface area contributed by atoms with E-state index in [-0.39, 0.29) is 0 Å². The number of fused-ring (bicyclic) bond motifs is 11. The summed E-state index contributed by atoms with van der Waals surface area (Å²) in [7, 11) is 0. The Morgan fingerprint density at radius 2 is 1.23 bits per heavy atom. The molecule has 0 amide bonds. The van der Waals surface area contributed by atoms with E-state index in [0.717, 1.165) is 67.3 Å². The van der Waals surface area contributed by atoms with E-state index in [0.29, 0.717) is 0 Å². The Kier molecular flexibility index (Phi) is 5.56. The third kappa shape index (κ3) is 3.56. The molecular formula is C43H30N4O. The Hall–Kier alpha value is -6.20. The summed E-state index contributed by atoms with van der Waals surface area (Å²) in [5, 5.41) is 1.10. The van der Waals surface area contributed by atoms with Crippen molar-refractivity contribution >= 4 is 39.0 Å². The van der Waals surface area contributed by atoms with E-state index in [2.05, 4.69) is 144 Å². The highest BCUT2D eigenvalue weighted by molar-refractivity contribution is 6.08. The summed E-state index contributed by atoms with van der Waals surface area (Å²) in [6.07, 6.45) is 5.60. The molecule has 0 unspecified atom stereocenters. The molecule has 0 saturated carbocycles. The Morgan fingerprint density at radius 3 is 1.90 bits per heavy atom. The normalized spacial score (nSPS) is 13.9. The van der Waals surface area contributed by atoms with Crippen molar-refractivity contribution in [3.8, 4) is 17.2 Å². The molecule has 228 valence electrons. The number of nitrogens with zero attached hydrogens (tertiary/aromatic N) is 4. The van der Waals surface area contributed by atoms with E-state index in [9.17, 15) is 0 Å². The number of anilines is 3. The number of hydrogen-bond acceptors (Lipinski definition) is 4. The van der Waals surface area contributed by atoms with E-state index in [1.807, 2.05) is 30.7 Å². The average Bonchev–Trinajstić information content (AvgIpc) is 3.46. The highest BCUT2D eigenvalue weighted by atomic mass is 16.5. The molecule has 0 fully saturated rings. The SMILES string of the molecule is Cc1ccc2c(c1)C1(c3ccccc3Oc3ccccc31)c1cc(C)ccc1N2c1ccc2c3ncccc3n(-c3cccnc3)c2c1. The molecule has 5 nitrogen and oxygen atoms in total. The van der Waals surface area contributed by atoms with Crippen molar-refractivity contribution in [3.05, 3.63) is 179 Å². The van der Waals surface area contributed by atoms with Crippen molar-refractivity contribution in [1.82, 2.24) is 14.5 Å². The minimum atomic E-state index is -0.580. The number of aromatic nitrogens is 3. The third-order valence-corrected chi connectivity index (χ3v) is 10.1. The number of para-hydroxylation sites is 2. The van der Waals surface area contributed by atoms with Gasteiger partial charge in [-0.2, -0.15) is 0 Å². The van der Waals surface area contributed by atoms with Gasteiger partial charge in [0, 0.05) is 34.6 Å². The van der Waals surface area contributed by atoms with Crippen molar-refractivity contribution < 1.29 is 4.74 Å². The first-order valence-corrected chi connectivity index (χ1v) is 16.3. The van der Waals surface area contributed by atoms with Crippen LogP contribution in [0.15, 0.2) is 146 Å². The van der Waals surface area contributed by atoms with Gasteiger partial charge < -0.3 is 14.2 Å². The zero-order valence-corrected chi connectivity index (χ0v) is 26.6. The topological polar surface area (TPSA) is 43.2 Å². The van der Waals surface area contributed by atoms with Crippen LogP contribution in [-0.2, 0) is 5.41 Å². The molecule has 0 aliphatic carbocycles. The number of aryl methyl sites for hydroxylation is 2. The van der Waals surface area contributed by atoms with Gasteiger partial charge in [-0.05, 0) is 91.7 Å². The zero-order valence-electron chi connectivity index (χ0n) is 26.6. The highest BCUT2D eigenvalue weighted by Gasteiger charge is 2.51. The zero-order chi connectivity index (χ0) is 32.0. The van der Waals surface area contributed by atoms with E-state index in [1.54, 1.807) is 0 Å². The number of pyridine rings is 2. The highest BCUT2D eigenvalue weighted by Crippen LogP contribution is 2.63. The average molecular weight is 619 g/mol. The fraction of sp³-hybridized carbons (Fsp3) is 0.0698. The van der Waals surface area contributed by atoms with E-state index < -0.39 is 5.41 Å². The van der Waals surface area contributed by atoms with E-state index in [4.69, 9.17) is 9.72 Å². The lowest BCUT2D eigenvalue weighted by molar-refractivity contribution is 0.434. The number of rotatable bonds is 2. The molecule has 2 aliphatic heterocycles. The Bertz CT molecular complexity index is 2480. The summed E-state index contributed by atoms with van der Waals surface area (Å²) in [6.45, 7) is 4.37. The summed E-state index contributed by atoms with van der Waals surface area (Å²) in [6, 6.07) is 45.9. The van der Waals surface area contributed by atoms with Gasteiger partial charge in [0.25, 0.3) is 0 Å². The molecule has 2 aliphatic rings. The molecule has 0 saturated heterocycles. The van der Waals surface area contributed by atoms with Gasteiger partial charge in [0.1, 0.15) is 11.5 Å². The van der Waals surface area contributed by atoms with Crippen LogP contribution in [0, 0.1) is 13.8 Å². The Labute approximate surface area is 278 Å². The molecule has 0 radical (unpaired) electrons. The second-order valence-electron chi connectivity index (χ2n) is 12.8. The van der Waals surface area contributed by atoms with Gasteiger partial charge in [0.2, 0.25) is 0 Å². The molecule has 8 aromatic rings. The number of ether oxygens (including phenoxy) is 1. The number of benzene rings is 5. The molecular weight excluding hydrogens is 589 g/mol. The van der Waals surface area contributed by atoms with Gasteiger partial charge in [-0.1, -0.05) is 71.8 Å². The molecule has 0 atom stereocenters. The van der Waals surface area contributed by atoms with Crippen LogP contribution in [0.2, 0.25) is 0 Å². The maximum atomic E-state index is 6.61. The molecule has 3 aromatic heterocycles. The summed E-state index contributed by atoms with van der Waals surface area (Å²) in [4.78, 5) is 11.7. The summed E-state index contributed by atoms with van der Waals surface area (Å²) in [5.74, 6) is 1.78. The maximum Gasteiger partial charge on any atom is 0.132 e. The Balaban J connectivity index is 1.32. The van der Waals surface area contributed by atoms with Gasteiger partial charge in [0.05, 0.1) is 45.2 Å². The molecule has 1 spiro atoms. The van der Waals surface area contributed by atoms with Crippen LogP contribution in [0.4, 0.5) is 17.1 Å². The standard InChI is InChI=1S/C43H30N4O/c1-27-15-19-36-34(23-27)43(32-10-3-5-13-40(32)48-41-14-6-4-11-33(41)43)35-24-28(2)16-20-37(35)46(36)29-17-18-31-39(25-29)47(30-9-7-21-44-26-30)38-12-8-22-45-42(31)38/h3-26H,1-2H3. The number of hydrogen-bond donors (Lipinski definition) is 0.